The normalized spacial score (nSPS) is 27.2. The summed E-state index contributed by atoms with van der Waals surface area (Å²) < 4.78 is 22.3. The molecule has 1 saturated heterocycles. The number of carbonyl (C=O) groups is 1. The minimum absolute atomic E-state index is 0.0714. The molecule has 2 N–H and O–H groups in total. The first-order valence-electron chi connectivity index (χ1n) is 4.56. The Balaban J connectivity index is 2.64. The lowest BCUT2D eigenvalue weighted by Gasteiger charge is -2.24. The molecule has 0 aromatic carbocycles. The van der Waals surface area contributed by atoms with E-state index in [1.54, 1.807) is 14.0 Å². The number of likely N-dealkylation sites (N-methyl/N-ethyl adjacent to an activating group) is 1. The molecule has 1 heterocycles. The highest BCUT2D eigenvalue weighted by Gasteiger charge is 2.33. The van der Waals surface area contributed by atoms with Crippen LogP contribution in [0.25, 0.3) is 0 Å². The van der Waals surface area contributed by atoms with E-state index in [0.717, 1.165) is 0 Å². The van der Waals surface area contributed by atoms with Gasteiger partial charge >= 0.3 is 0 Å². The molecule has 82 valence electrons. The third-order valence-corrected chi connectivity index (χ3v) is 4.24. The summed E-state index contributed by atoms with van der Waals surface area (Å²) in [5, 5.41) is 0. The molecule has 1 fully saturated rings. The Hall–Kier alpha value is -0.620. The number of amides is 1. The lowest BCUT2D eigenvalue weighted by Crippen LogP contribution is -2.45. The average Bonchev–Trinajstić information content (AvgIpc) is 2.43. The second-order valence-corrected chi connectivity index (χ2v) is 6.02. The maximum absolute atomic E-state index is 11.4. The van der Waals surface area contributed by atoms with E-state index in [1.165, 1.54) is 4.90 Å². The minimum Gasteiger partial charge on any atom is -0.340 e. The molecule has 1 rings (SSSR count). The van der Waals surface area contributed by atoms with E-state index < -0.39 is 15.9 Å². The maximum atomic E-state index is 11.4. The van der Waals surface area contributed by atoms with Gasteiger partial charge in [-0.15, -0.1) is 0 Å². The predicted molar refractivity (Wildman–Crippen MR) is 53.5 cm³/mol. The number of sulfone groups is 1. The first-order valence-corrected chi connectivity index (χ1v) is 6.38. The maximum Gasteiger partial charge on any atom is 0.239 e. The second-order valence-electron chi connectivity index (χ2n) is 3.79. The van der Waals surface area contributed by atoms with Crippen LogP contribution in [0.5, 0.6) is 0 Å². The van der Waals surface area contributed by atoms with E-state index in [4.69, 9.17) is 5.73 Å². The van der Waals surface area contributed by atoms with Gasteiger partial charge < -0.3 is 10.6 Å². The predicted octanol–water partition coefficient (Wildman–Crippen LogP) is -1.02. The quantitative estimate of drug-likeness (QED) is 0.646. The van der Waals surface area contributed by atoms with E-state index >= 15 is 0 Å². The third kappa shape index (κ3) is 2.45. The average molecular weight is 220 g/mol. The number of hydrogen-bond donors (Lipinski definition) is 1. The van der Waals surface area contributed by atoms with Crippen molar-refractivity contribution in [1.82, 2.24) is 4.90 Å². The molecule has 0 bridgehead atoms. The van der Waals surface area contributed by atoms with Gasteiger partial charge in [-0.05, 0) is 13.3 Å². The summed E-state index contributed by atoms with van der Waals surface area (Å²) in [4.78, 5) is 12.9. The number of nitrogens with zero attached hydrogens (tertiary/aromatic N) is 1. The number of rotatable bonds is 2. The molecule has 0 aromatic rings. The summed E-state index contributed by atoms with van der Waals surface area (Å²) >= 11 is 0. The molecule has 0 aliphatic carbocycles. The Labute approximate surface area is 84.2 Å². The summed E-state index contributed by atoms with van der Waals surface area (Å²) in [5.41, 5.74) is 5.43. The molecule has 2 atom stereocenters. The van der Waals surface area contributed by atoms with Crippen molar-refractivity contribution < 1.29 is 13.2 Å². The monoisotopic (exact) mass is 220 g/mol. The van der Waals surface area contributed by atoms with Gasteiger partial charge in [0.25, 0.3) is 0 Å². The van der Waals surface area contributed by atoms with Crippen LogP contribution < -0.4 is 5.73 Å². The second kappa shape index (κ2) is 3.86. The van der Waals surface area contributed by atoms with Crippen LogP contribution in [0.4, 0.5) is 0 Å². The Bertz CT molecular complexity index is 323. The van der Waals surface area contributed by atoms with Crippen LogP contribution in [0.1, 0.15) is 13.3 Å². The molecule has 0 radical (unpaired) electrons. The highest BCUT2D eigenvalue weighted by atomic mass is 32.2. The van der Waals surface area contributed by atoms with Gasteiger partial charge in [0.05, 0.1) is 17.5 Å². The van der Waals surface area contributed by atoms with Crippen molar-refractivity contribution in [2.45, 2.75) is 25.4 Å². The lowest BCUT2D eigenvalue weighted by molar-refractivity contribution is -0.132. The standard InChI is InChI=1S/C8H16N2O3S/c1-6(9)8(11)10(2)7-3-4-14(12,13)5-7/h6-7H,3-5,9H2,1-2H3/t6-,7?/m1/s1. The Morgan fingerprint density at radius 1 is 1.57 bits per heavy atom. The summed E-state index contributed by atoms with van der Waals surface area (Å²) in [6.07, 6.45) is 0.525. The van der Waals surface area contributed by atoms with E-state index in [2.05, 4.69) is 0 Å². The van der Waals surface area contributed by atoms with Gasteiger partial charge in [-0.1, -0.05) is 0 Å². The Kier molecular flexibility index (Phi) is 3.16. The summed E-state index contributed by atoms with van der Waals surface area (Å²) in [6, 6.07) is -0.762. The summed E-state index contributed by atoms with van der Waals surface area (Å²) in [5.74, 6) is 0.0445. The molecule has 1 aliphatic rings. The van der Waals surface area contributed by atoms with E-state index in [9.17, 15) is 13.2 Å². The van der Waals surface area contributed by atoms with Crippen LogP contribution >= 0.6 is 0 Å². The molecule has 5 nitrogen and oxygen atoms in total. The van der Waals surface area contributed by atoms with Gasteiger partial charge in [0, 0.05) is 13.1 Å². The van der Waals surface area contributed by atoms with Gasteiger partial charge in [0.2, 0.25) is 5.91 Å². The summed E-state index contributed by atoms with van der Waals surface area (Å²) in [6.45, 7) is 1.60. The van der Waals surface area contributed by atoms with Crippen LogP contribution in [-0.4, -0.2) is 49.9 Å². The van der Waals surface area contributed by atoms with Crippen LogP contribution in [0, 0.1) is 0 Å². The van der Waals surface area contributed by atoms with Crippen LogP contribution in [0.3, 0.4) is 0 Å². The van der Waals surface area contributed by atoms with E-state index in [-0.39, 0.29) is 23.5 Å². The van der Waals surface area contributed by atoms with Gasteiger partial charge in [-0.2, -0.15) is 0 Å². The van der Waals surface area contributed by atoms with Gasteiger partial charge in [-0.25, -0.2) is 8.42 Å². The molecule has 0 saturated carbocycles. The van der Waals surface area contributed by atoms with Crippen molar-refractivity contribution in [1.29, 1.82) is 0 Å². The highest BCUT2D eigenvalue weighted by molar-refractivity contribution is 7.91. The minimum atomic E-state index is -2.93. The zero-order chi connectivity index (χ0) is 10.9. The van der Waals surface area contributed by atoms with Crippen LogP contribution in [0.15, 0.2) is 0 Å². The largest absolute Gasteiger partial charge is 0.340 e. The smallest absolute Gasteiger partial charge is 0.239 e. The van der Waals surface area contributed by atoms with Crippen molar-refractivity contribution in [3.05, 3.63) is 0 Å². The molecule has 1 amide bonds. The fraction of sp³-hybridized carbons (Fsp3) is 0.875. The van der Waals surface area contributed by atoms with Gasteiger partial charge in [0.1, 0.15) is 0 Å². The first kappa shape index (κ1) is 11.5. The van der Waals surface area contributed by atoms with Crippen LogP contribution in [0.2, 0.25) is 0 Å². The fourth-order valence-electron chi connectivity index (χ4n) is 1.58. The molecule has 0 spiro atoms. The Morgan fingerprint density at radius 3 is 2.50 bits per heavy atom. The Morgan fingerprint density at radius 2 is 2.14 bits per heavy atom. The zero-order valence-corrected chi connectivity index (χ0v) is 9.25. The molecular formula is C8H16N2O3S. The molecule has 6 heteroatoms. The number of hydrogen-bond acceptors (Lipinski definition) is 4. The van der Waals surface area contributed by atoms with Crippen LogP contribution in [-0.2, 0) is 14.6 Å². The molecule has 1 aliphatic heterocycles. The SMILES string of the molecule is C[C@@H](N)C(=O)N(C)C1CCS(=O)(=O)C1. The topological polar surface area (TPSA) is 80.5 Å². The van der Waals surface area contributed by atoms with Crippen molar-refractivity contribution >= 4 is 15.7 Å². The van der Waals surface area contributed by atoms with Crippen molar-refractivity contribution in [2.24, 2.45) is 5.73 Å². The molecule has 1 unspecified atom stereocenters. The lowest BCUT2D eigenvalue weighted by atomic mass is 10.2. The van der Waals surface area contributed by atoms with Crippen molar-refractivity contribution in [3.8, 4) is 0 Å². The molecule has 0 aromatic heterocycles. The number of nitrogens with two attached hydrogens (primary N) is 1. The third-order valence-electron chi connectivity index (χ3n) is 2.49. The van der Waals surface area contributed by atoms with Crippen molar-refractivity contribution in [3.63, 3.8) is 0 Å². The zero-order valence-electron chi connectivity index (χ0n) is 8.43. The van der Waals surface area contributed by atoms with E-state index in [0.29, 0.717) is 6.42 Å². The highest BCUT2D eigenvalue weighted by Crippen LogP contribution is 2.16. The number of carbonyl (C=O) groups excluding carboxylic acids is 1. The van der Waals surface area contributed by atoms with E-state index in [1.807, 2.05) is 0 Å². The fourth-order valence-corrected chi connectivity index (χ4v) is 3.36. The van der Waals surface area contributed by atoms with Crippen molar-refractivity contribution in [2.75, 3.05) is 18.6 Å². The molecular weight excluding hydrogens is 204 g/mol. The van der Waals surface area contributed by atoms with Gasteiger partial charge in [0.15, 0.2) is 9.84 Å². The molecule has 14 heavy (non-hydrogen) atoms. The first-order chi connectivity index (χ1) is 6.33. The summed E-state index contributed by atoms with van der Waals surface area (Å²) in [7, 11) is -1.33. The van der Waals surface area contributed by atoms with Gasteiger partial charge in [-0.3, -0.25) is 4.79 Å².